The van der Waals surface area contributed by atoms with Gasteiger partial charge in [-0.3, -0.25) is 14.3 Å². The highest BCUT2D eigenvalue weighted by atomic mass is 35.5. The summed E-state index contributed by atoms with van der Waals surface area (Å²) in [4.78, 5) is 24.6. The van der Waals surface area contributed by atoms with Crippen LogP contribution >= 0.6 is 11.6 Å². The van der Waals surface area contributed by atoms with Crippen LogP contribution in [0, 0.1) is 5.92 Å². The Morgan fingerprint density at radius 3 is 2.78 bits per heavy atom. The van der Waals surface area contributed by atoms with E-state index in [1.54, 1.807) is 6.92 Å². The molecule has 7 heteroatoms. The fourth-order valence-electron chi connectivity index (χ4n) is 2.16. The smallest absolute Gasteiger partial charge is 0.330 e. The van der Waals surface area contributed by atoms with Crippen LogP contribution in [0.5, 0.6) is 0 Å². The number of hydrogen-bond donors (Lipinski definition) is 1. The van der Waals surface area contributed by atoms with Gasteiger partial charge < -0.3 is 4.74 Å². The number of nitrogens with zero attached hydrogens (tertiary/aromatic N) is 1. The van der Waals surface area contributed by atoms with Gasteiger partial charge in [0.1, 0.15) is 0 Å². The SMILES string of the molecule is CC[C@H]1O[C@@H](n2ccc(=O)[nH]c2=O)[C@](F)(Cl)[C@@H]1C. The first-order valence-corrected chi connectivity index (χ1v) is 6.10. The van der Waals surface area contributed by atoms with Crippen LogP contribution in [0.4, 0.5) is 4.39 Å². The molecule has 0 unspecified atom stereocenters. The van der Waals surface area contributed by atoms with Gasteiger partial charge in [-0.25, -0.2) is 9.18 Å². The highest BCUT2D eigenvalue weighted by Crippen LogP contribution is 2.48. The molecule has 100 valence electrons. The molecule has 5 nitrogen and oxygen atoms in total. The van der Waals surface area contributed by atoms with Crippen molar-refractivity contribution in [2.45, 2.75) is 37.7 Å². The van der Waals surface area contributed by atoms with E-state index in [4.69, 9.17) is 16.3 Å². The van der Waals surface area contributed by atoms with Gasteiger partial charge in [0.05, 0.1) is 6.10 Å². The molecule has 1 saturated heterocycles. The van der Waals surface area contributed by atoms with Crippen molar-refractivity contribution in [3.8, 4) is 0 Å². The van der Waals surface area contributed by atoms with Crippen LogP contribution in [-0.2, 0) is 4.74 Å². The zero-order valence-electron chi connectivity index (χ0n) is 10.0. The van der Waals surface area contributed by atoms with Crippen LogP contribution < -0.4 is 11.2 Å². The molecule has 1 aromatic rings. The van der Waals surface area contributed by atoms with Crippen molar-refractivity contribution in [2.24, 2.45) is 5.92 Å². The number of rotatable bonds is 2. The average Bonchev–Trinajstić information content (AvgIpc) is 2.52. The molecule has 1 aliphatic rings. The molecule has 0 amide bonds. The van der Waals surface area contributed by atoms with E-state index < -0.39 is 28.5 Å². The Balaban J connectivity index is 2.45. The minimum Gasteiger partial charge on any atom is -0.349 e. The second kappa shape index (κ2) is 4.51. The first kappa shape index (κ1) is 13.3. The molecule has 0 saturated carbocycles. The third-order valence-corrected chi connectivity index (χ3v) is 3.83. The number of aromatic amines is 1. The average molecular weight is 277 g/mol. The van der Waals surface area contributed by atoms with Gasteiger partial charge in [0.15, 0.2) is 6.23 Å². The summed E-state index contributed by atoms with van der Waals surface area (Å²) in [7, 11) is 0. The number of alkyl halides is 2. The molecule has 0 bridgehead atoms. The summed E-state index contributed by atoms with van der Waals surface area (Å²) < 4.78 is 20.9. The molecular formula is C11H14ClFN2O3. The van der Waals surface area contributed by atoms with Gasteiger partial charge in [-0.05, 0) is 6.42 Å². The monoisotopic (exact) mass is 276 g/mol. The molecular weight excluding hydrogens is 263 g/mol. The highest BCUT2D eigenvalue weighted by molar-refractivity contribution is 6.23. The molecule has 18 heavy (non-hydrogen) atoms. The minimum atomic E-state index is -2.18. The predicted octanol–water partition coefficient (Wildman–Crippen LogP) is 1.38. The van der Waals surface area contributed by atoms with Gasteiger partial charge in [0.25, 0.3) is 5.56 Å². The molecule has 1 N–H and O–H groups in total. The molecule has 1 fully saturated rings. The number of ether oxygens (including phenoxy) is 1. The van der Waals surface area contributed by atoms with E-state index in [-0.39, 0.29) is 6.10 Å². The normalized spacial score (nSPS) is 35.9. The lowest BCUT2D eigenvalue weighted by Gasteiger charge is -2.23. The molecule has 0 radical (unpaired) electrons. The maximum absolute atomic E-state index is 14.5. The first-order chi connectivity index (χ1) is 8.37. The lowest BCUT2D eigenvalue weighted by atomic mass is 9.99. The Hall–Kier alpha value is -1.14. The third kappa shape index (κ3) is 1.99. The standard InChI is InChI=1S/C11H14ClFN2O3/c1-3-7-6(2)11(12,13)9(18-7)15-5-4-8(16)14-10(15)17/h4-7,9H,3H2,1-2H3,(H,14,16,17)/t6-,7-,9-,11+/m1/s1. The molecule has 1 aliphatic heterocycles. The van der Waals surface area contributed by atoms with Gasteiger partial charge in [0.2, 0.25) is 5.13 Å². The number of aromatic nitrogens is 2. The Kier molecular flexibility index (Phi) is 3.33. The van der Waals surface area contributed by atoms with Crippen molar-refractivity contribution < 1.29 is 9.13 Å². The maximum Gasteiger partial charge on any atom is 0.330 e. The van der Waals surface area contributed by atoms with E-state index in [1.807, 2.05) is 11.9 Å². The van der Waals surface area contributed by atoms with Gasteiger partial charge in [-0.15, -0.1) is 0 Å². The Bertz CT molecular complexity index is 554. The van der Waals surface area contributed by atoms with Crippen LogP contribution in [0.15, 0.2) is 21.9 Å². The lowest BCUT2D eigenvalue weighted by Crippen LogP contribution is -2.38. The fourth-order valence-corrected chi connectivity index (χ4v) is 2.46. The van der Waals surface area contributed by atoms with Crippen molar-refractivity contribution in [2.75, 3.05) is 0 Å². The summed E-state index contributed by atoms with van der Waals surface area (Å²) in [5.74, 6) is -0.548. The van der Waals surface area contributed by atoms with Gasteiger partial charge >= 0.3 is 5.69 Å². The third-order valence-electron chi connectivity index (χ3n) is 3.30. The Morgan fingerprint density at radius 2 is 2.28 bits per heavy atom. The summed E-state index contributed by atoms with van der Waals surface area (Å²) in [6.45, 7) is 3.49. The van der Waals surface area contributed by atoms with E-state index in [2.05, 4.69) is 0 Å². The Morgan fingerprint density at radius 1 is 1.61 bits per heavy atom. The van der Waals surface area contributed by atoms with Crippen molar-refractivity contribution in [1.29, 1.82) is 0 Å². The van der Waals surface area contributed by atoms with Gasteiger partial charge in [-0.2, -0.15) is 0 Å². The number of H-pyrrole nitrogens is 1. The minimum absolute atomic E-state index is 0.365. The zero-order valence-corrected chi connectivity index (χ0v) is 10.8. The summed E-state index contributed by atoms with van der Waals surface area (Å²) in [5.41, 5.74) is -1.28. The molecule has 2 rings (SSSR count). The molecule has 0 aliphatic carbocycles. The van der Waals surface area contributed by atoms with Crippen LogP contribution in [0.25, 0.3) is 0 Å². The second-order valence-electron chi connectivity index (χ2n) is 4.42. The van der Waals surface area contributed by atoms with Gasteiger partial charge in [0, 0.05) is 18.2 Å². The molecule has 0 spiro atoms. The summed E-state index contributed by atoms with van der Waals surface area (Å²) in [6.07, 6.45) is 0.182. The van der Waals surface area contributed by atoms with Crippen molar-refractivity contribution in [3.05, 3.63) is 33.1 Å². The number of halogens is 2. The summed E-state index contributed by atoms with van der Waals surface area (Å²) in [5, 5.41) is -2.18. The van der Waals surface area contributed by atoms with Crippen LogP contribution in [-0.4, -0.2) is 20.8 Å². The topological polar surface area (TPSA) is 64.1 Å². The zero-order chi connectivity index (χ0) is 13.5. The first-order valence-electron chi connectivity index (χ1n) is 5.72. The van der Waals surface area contributed by atoms with E-state index in [1.165, 1.54) is 6.20 Å². The van der Waals surface area contributed by atoms with Gasteiger partial charge in [-0.1, -0.05) is 25.4 Å². The molecule has 1 aromatic heterocycles. The fraction of sp³-hybridized carbons (Fsp3) is 0.636. The van der Waals surface area contributed by atoms with Crippen molar-refractivity contribution in [3.63, 3.8) is 0 Å². The predicted molar refractivity (Wildman–Crippen MR) is 64.4 cm³/mol. The van der Waals surface area contributed by atoms with Crippen molar-refractivity contribution >= 4 is 11.6 Å². The van der Waals surface area contributed by atoms with E-state index >= 15 is 0 Å². The number of nitrogens with one attached hydrogen (secondary N) is 1. The number of hydrogen-bond acceptors (Lipinski definition) is 3. The van der Waals surface area contributed by atoms with E-state index in [0.29, 0.717) is 6.42 Å². The maximum atomic E-state index is 14.5. The summed E-state index contributed by atoms with van der Waals surface area (Å²) >= 11 is 5.86. The highest BCUT2D eigenvalue weighted by Gasteiger charge is 2.55. The molecule has 4 atom stereocenters. The van der Waals surface area contributed by atoms with Crippen LogP contribution in [0.1, 0.15) is 26.5 Å². The van der Waals surface area contributed by atoms with Crippen LogP contribution in [0.2, 0.25) is 0 Å². The van der Waals surface area contributed by atoms with Crippen LogP contribution in [0.3, 0.4) is 0 Å². The van der Waals surface area contributed by atoms with E-state index in [9.17, 15) is 14.0 Å². The second-order valence-corrected chi connectivity index (χ2v) is 5.00. The lowest BCUT2D eigenvalue weighted by molar-refractivity contribution is -0.0322. The largest absolute Gasteiger partial charge is 0.349 e. The van der Waals surface area contributed by atoms with Crippen molar-refractivity contribution in [1.82, 2.24) is 9.55 Å². The summed E-state index contributed by atoms with van der Waals surface area (Å²) in [6, 6.07) is 1.13. The molecule has 0 aromatic carbocycles. The van der Waals surface area contributed by atoms with E-state index in [0.717, 1.165) is 10.6 Å². The Labute approximate surface area is 108 Å². The molecule has 2 heterocycles. The quantitative estimate of drug-likeness (QED) is 0.830.